The number of hydrogen-bond acceptors (Lipinski definition) is 4. The second-order valence-electron chi connectivity index (χ2n) is 4.88. The third kappa shape index (κ3) is 9.19. The van der Waals surface area contributed by atoms with Crippen molar-refractivity contribution in [1.82, 2.24) is 0 Å². The molecule has 0 aliphatic heterocycles. The van der Waals surface area contributed by atoms with E-state index in [1.54, 1.807) is 0 Å². The van der Waals surface area contributed by atoms with Gasteiger partial charge in [0.2, 0.25) is 0 Å². The Morgan fingerprint density at radius 3 is 1.59 bits per heavy atom. The topological polar surface area (TPSA) is 93.1 Å². The maximum atomic E-state index is 11.8. The first-order chi connectivity index (χ1) is 13.2. The molecular formula is C16H9BrF6O6. The molecule has 6 nitrogen and oxygen atoms in total. The van der Waals surface area contributed by atoms with Gasteiger partial charge in [-0.1, -0.05) is 0 Å². The van der Waals surface area contributed by atoms with E-state index in [9.17, 15) is 35.9 Å². The first-order valence-electron chi connectivity index (χ1n) is 7.05. The number of aromatic carboxylic acids is 2. The van der Waals surface area contributed by atoms with Crippen LogP contribution in [0.1, 0.15) is 20.7 Å². The highest BCUT2D eigenvalue weighted by atomic mass is 79.9. The van der Waals surface area contributed by atoms with Crippen molar-refractivity contribution in [3.05, 3.63) is 58.1 Å². The Morgan fingerprint density at radius 2 is 1.21 bits per heavy atom. The van der Waals surface area contributed by atoms with Gasteiger partial charge in [-0.3, -0.25) is 0 Å². The van der Waals surface area contributed by atoms with Gasteiger partial charge in [0, 0.05) is 0 Å². The Bertz CT molecular complexity index is 864. The van der Waals surface area contributed by atoms with Gasteiger partial charge in [0.25, 0.3) is 0 Å². The van der Waals surface area contributed by atoms with Crippen molar-refractivity contribution in [2.45, 2.75) is 12.7 Å². The number of carboxylic acid groups (broad SMARTS) is 2. The number of alkyl halides is 6. The van der Waals surface area contributed by atoms with Crippen LogP contribution in [-0.4, -0.2) is 34.9 Å². The zero-order valence-electron chi connectivity index (χ0n) is 13.7. The summed E-state index contributed by atoms with van der Waals surface area (Å²) in [5.41, 5.74) is -0.226. The molecule has 0 atom stereocenters. The number of benzene rings is 2. The number of hydrogen-bond donors (Lipinski definition) is 2. The molecular weight excluding hydrogens is 482 g/mol. The number of halogens is 7. The van der Waals surface area contributed by atoms with Crippen molar-refractivity contribution < 1.29 is 55.6 Å². The average Bonchev–Trinajstić information content (AvgIpc) is 2.55. The van der Waals surface area contributed by atoms with E-state index >= 15 is 0 Å². The van der Waals surface area contributed by atoms with Crippen LogP contribution in [0.3, 0.4) is 0 Å². The summed E-state index contributed by atoms with van der Waals surface area (Å²) in [6.07, 6.45) is -9.56. The fraction of sp³-hybridized carbons (Fsp3) is 0.125. The largest absolute Gasteiger partial charge is 0.573 e. The second kappa shape index (κ2) is 9.49. The highest BCUT2D eigenvalue weighted by Gasteiger charge is 2.32. The maximum absolute atomic E-state index is 11.8. The van der Waals surface area contributed by atoms with Crippen LogP contribution >= 0.6 is 15.9 Å². The molecule has 158 valence electrons. The SMILES string of the molecule is O=C(O)c1ccc(OC(F)(F)F)c(Br)c1.O=C(O)c1ccc(OC(F)(F)F)cc1. The van der Waals surface area contributed by atoms with E-state index in [0.717, 1.165) is 42.5 Å². The molecule has 13 heteroatoms. The monoisotopic (exact) mass is 490 g/mol. The maximum Gasteiger partial charge on any atom is 0.573 e. The molecule has 0 radical (unpaired) electrons. The molecule has 0 fully saturated rings. The smallest absolute Gasteiger partial charge is 0.478 e. The number of carboxylic acids is 2. The summed E-state index contributed by atoms with van der Waals surface area (Å²) in [4.78, 5) is 20.8. The van der Waals surface area contributed by atoms with E-state index < -0.39 is 36.2 Å². The zero-order chi connectivity index (χ0) is 22.4. The lowest BCUT2D eigenvalue weighted by molar-refractivity contribution is -0.275. The summed E-state index contributed by atoms with van der Waals surface area (Å²) in [7, 11) is 0. The standard InChI is InChI=1S/C8H4BrF3O3.C8H5F3O3/c9-5-3-4(7(13)14)1-2-6(5)15-8(10,11)12;9-8(10,11)14-6-3-1-5(2-4-6)7(12)13/h1-3H,(H,13,14);1-4H,(H,12,13). The van der Waals surface area contributed by atoms with Gasteiger partial charge in [-0.05, 0) is 58.4 Å². The Morgan fingerprint density at radius 1 is 0.759 bits per heavy atom. The lowest BCUT2D eigenvalue weighted by Crippen LogP contribution is -2.17. The molecule has 0 aromatic heterocycles. The molecule has 0 aliphatic rings. The van der Waals surface area contributed by atoms with Crippen LogP contribution in [0.15, 0.2) is 46.9 Å². The molecule has 0 amide bonds. The molecule has 0 saturated carbocycles. The molecule has 2 N–H and O–H groups in total. The minimum atomic E-state index is -4.80. The minimum absolute atomic E-state index is 0.0697. The quantitative estimate of drug-likeness (QED) is 0.562. The number of carbonyl (C=O) groups is 2. The van der Waals surface area contributed by atoms with Gasteiger partial charge in [0.15, 0.2) is 0 Å². The van der Waals surface area contributed by atoms with Crippen LogP contribution < -0.4 is 9.47 Å². The summed E-state index contributed by atoms with van der Waals surface area (Å²) < 4.78 is 77.6. The van der Waals surface area contributed by atoms with Crippen LogP contribution in [-0.2, 0) is 0 Å². The average molecular weight is 491 g/mol. The molecule has 0 unspecified atom stereocenters. The van der Waals surface area contributed by atoms with Crippen LogP contribution in [0.5, 0.6) is 11.5 Å². The molecule has 0 heterocycles. The van der Waals surface area contributed by atoms with E-state index in [2.05, 4.69) is 25.4 Å². The number of rotatable bonds is 4. The fourth-order valence-corrected chi connectivity index (χ4v) is 2.10. The number of ether oxygens (including phenoxy) is 2. The summed E-state index contributed by atoms with van der Waals surface area (Å²) in [5, 5.41) is 17.0. The van der Waals surface area contributed by atoms with Crippen molar-refractivity contribution in [2.75, 3.05) is 0 Å². The second-order valence-corrected chi connectivity index (χ2v) is 5.73. The molecule has 2 aromatic rings. The van der Waals surface area contributed by atoms with Crippen molar-refractivity contribution in [3.8, 4) is 11.5 Å². The van der Waals surface area contributed by atoms with Crippen LogP contribution in [0.4, 0.5) is 26.3 Å². The Kier molecular flexibility index (Phi) is 7.88. The van der Waals surface area contributed by atoms with Crippen LogP contribution in [0.2, 0.25) is 0 Å². The van der Waals surface area contributed by atoms with Gasteiger partial charge in [-0.25, -0.2) is 9.59 Å². The van der Waals surface area contributed by atoms with E-state index in [1.165, 1.54) is 0 Å². The molecule has 0 saturated heterocycles. The highest BCUT2D eigenvalue weighted by Crippen LogP contribution is 2.31. The van der Waals surface area contributed by atoms with Crippen molar-refractivity contribution in [2.24, 2.45) is 0 Å². The Hall–Kier alpha value is -2.96. The van der Waals surface area contributed by atoms with Crippen LogP contribution in [0, 0.1) is 0 Å². The third-order valence-electron chi connectivity index (χ3n) is 2.74. The van der Waals surface area contributed by atoms with Crippen molar-refractivity contribution >= 4 is 27.9 Å². The summed E-state index contributed by atoms with van der Waals surface area (Å²) in [6, 6.07) is 6.93. The van der Waals surface area contributed by atoms with Crippen molar-refractivity contribution in [3.63, 3.8) is 0 Å². The van der Waals surface area contributed by atoms with Gasteiger partial charge < -0.3 is 19.7 Å². The summed E-state index contributed by atoms with van der Waals surface area (Å²) >= 11 is 2.78. The van der Waals surface area contributed by atoms with Gasteiger partial charge >= 0.3 is 24.7 Å². The van der Waals surface area contributed by atoms with E-state index in [-0.39, 0.29) is 15.6 Å². The first-order valence-corrected chi connectivity index (χ1v) is 7.85. The molecule has 29 heavy (non-hydrogen) atoms. The molecule has 0 bridgehead atoms. The summed E-state index contributed by atoms with van der Waals surface area (Å²) in [6.45, 7) is 0. The van der Waals surface area contributed by atoms with Gasteiger partial charge in [0.1, 0.15) is 11.5 Å². The normalized spacial score (nSPS) is 11.1. The van der Waals surface area contributed by atoms with E-state index in [4.69, 9.17) is 10.2 Å². The molecule has 2 aromatic carbocycles. The lowest BCUT2D eigenvalue weighted by atomic mass is 10.2. The van der Waals surface area contributed by atoms with Gasteiger partial charge in [-0.2, -0.15) is 0 Å². The lowest BCUT2D eigenvalue weighted by Gasteiger charge is -2.10. The fourth-order valence-electron chi connectivity index (χ4n) is 1.64. The zero-order valence-corrected chi connectivity index (χ0v) is 15.3. The molecule has 0 aliphatic carbocycles. The van der Waals surface area contributed by atoms with Gasteiger partial charge in [-0.15, -0.1) is 26.3 Å². The van der Waals surface area contributed by atoms with Crippen molar-refractivity contribution in [1.29, 1.82) is 0 Å². The minimum Gasteiger partial charge on any atom is -0.478 e. The first kappa shape index (κ1) is 24.1. The predicted octanol–water partition coefficient (Wildman–Crippen LogP) is 5.33. The highest BCUT2D eigenvalue weighted by molar-refractivity contribution is 9.10. The summed E-state index contributed by atoms with van der Waals surface area (Å²) in [5.74, 6) is -3.35. The van der Waals surface area contributed by atoms with E-state index in [0.29, 0.717) is 0 Å². The molecule has 0 spiro atoms. The molecule has 2 rings (SSSR count). The van der Waals surface area contributed by atoms with Gasteiger partial charge in [0.05, 0.1) is 15.6 Å². The van der Waals surface area contributed by atoms with Crippen LogP contribution in [0.25, 0.3) is 0 Å². The third-order valence-corrected chi connectivity index (χ3v) is 3.36. The Balaban J connectivity index is 0.000000291. The van der Waals surface area contributed by atoms with E-state index in [1.807, 2.05) is 0 Å². The Labute approximate surface area is 166 Å². The predicted molar refractivity (Wildman–Crippen MR) is 87.9 cm³/mol.